The van der Waals surface area contributed by atoms with Gasteiger partial charge in [0, 0.05) is 81.1 Å². The quantitative estimate of drug-likeness (QED) is 0.0519. The molecule has 0 bridgehead atoms. The summed E-state index contributed by atoms with van der Waals surface area (Å²) in [6.07, 6.45) is 5.81. The zero-order chi connectivity index (χ0) is 36.6. The van der Waals surface area contributed by atoms with Gasteiger partial charge in [0.2, 0.25) is 5.91 Å². The van der Waals surface area contributed by atoms with E-state index in [4.69, 9.17) is 0 Å². The van der Waals surface area contributed by atoms with Crippen LogP contribution in [0.4, 0.5) is 34.1 Å². The lowest BCUT2D eigenvalue weighted by molar-refractivity contribution is -0.121. The van der Waals surface area contributed by atoms with Crippen LogP contribution in [0.2, 0.25) is 0 Å². The van der Waals surface area contributed by atoms with Crippen molar-refractivity contribution in [2.24, 2.45) is 4.99 Å². The van der Waals surface area contributed by atoms with Crippen LogP contribution in [-0.2, 0) is 9.59 Å². The van der Waals surface area contributed by atoms with E-state index in [0.717, 1.165) is 60.9 Å². The topological polar surface area (TPSA) is 147 Å². The molecule has 0 radical (unpaired) electrons. The fourth-order valence-corrected chi connectivity index (χ4v) is 6.23. The predicted octanol–water partition coefficient (Wildman–Crippen LogP) is 5.94. The molecule has 0 saturated carbocycles. The van der Waals surface area contributed by atoms with E-state index in [-0.39, 0.29) is 29.9 Å². The summed E-state index contributed by atoms with van der Waals surface area (Å²) < 4.78 is 0. The Morgan fingerprint density at radius 3 is 2.33 bits per heavy atom. The average molecular weight is 697 g/mol. The van der Waals surface area contributed by atoms with Crippen LogP contribution in [0.1, 0.15) is 66.2 Å². The van der Waals surface area contributed by atoms with Gasteiger partial charge in [-0.05, 0) is 101 Å². The first-order valence-electron chi connectivity index (χ1n) is 17.7. The highest BCUT2D eigenvalue weighted by Gasteiger charge is 2.25. The number of aliphatic imine (C=N–C) groups is 1. The van der Waals surface area contributed by atoms with Crippen molar-refractivity contribution in [2.75, 3.05) is 68.1 Å². The molecule has 12 heteroatoms. The first-order valence-corrected chi connectivity index (χ1v) is 17.7. The molecular formula is C39H52N8O4. The second-order valence-corrected chi connectivity index (χ2v) is 12.8. The number of hydrogen-bond donors (Lipinski definition) is 5. The van der Waals surface area contributed by atoms with E-state index in [1.807, 2.05) is 42.5 Å². The van der Waals surface area contributed by atoms with Gasteiger partial charge in [-0.15, -0.1) is 0 Å². The number of amides is 2. The third kappa shape index (κ3) is 11.1. The molecule has 2 amide bonds. The maximum absolute atomic E-state index is 13.4. The first kappa shape index (κ1) is 38.6. The highest BCUT2D eigenvalue weighted by atomic mass is 16.2. The average Bonchev–Trinajstić information content (AvgIpc) is 3.57. The van der Waals surface area contributed by atoms with E-state index < -0.39 is 11.9 Å². The van der Waals surface area contributed by atoms with Crippen molar-refractivity contribution < 1.29 is 19.2 Å². The summed E-state index contributed by atoms with van der Waals surface area (Å²) >= 11 is 0. The van der Waals surface area contributed by atoms with E-state index in [1.54, 1.807) is 18.2 Å². The number of carbonyl (C=O) groups is 4. The first-order chi connectivity index (χ1) is 24.8. The lowest BCUT2D eigenvalue weighted by Crippen LogP contribution is -2.39. The number of rotatable bonds is 21. The van der Waals surface area contributed by atoms with Crippen molar-refractivity contribution in [3.63, 3.8) is 0 Å². The second kappa shape index (κ2) is 19.8. The number of unbranched alkanes of at least 4 members (excludes halogenated alkanes) is 1. The van der Waals surface area contributed by atoms with Gasteiger partial charge in [-0.2, -0.15) is 0 Å². The predicted molar refractivity (Wildman–Crippen MR) is 207 cm³/mol. The number of nitrogens with zero attached hydrogens (tertiary/aromatic N) is 3. The number of aldehydes is 2. The van der Waals surface area contributed by atoms with E-state index in [9.17, 15) is 19.2 Å². The van der Waals surface area contributed by atoms with Crippen molar-refractivity contribution in [2.45, 2.75) is 57.5 Å². The number of carbonyl (C=O) groups excluding carboxylic acids is 4. The van der Waals surface area contributed by atoms with E-state index in [0.29, 0.717) is 30.8 Å². The van der Waals surface area contributed by atoms with Crippen molar-refractivity contribution in [3.05, 3.63) is 71.8 Å². The Morgan fingerprint density at radius 2 is 1.67 bits per heavy atom. The van der Waals surface area contributed by atoms with Crippen LogP contribution in [0.15, 0.2) is 65.7 Å². The van der Waals surface area contributed by atoms with Crippen LogP contribution in [-0.4, -0.2) is 99.8 Å². The zero-order valence-corrected chi connectivity index (χ0v) is 30.0. The molecule has 1 aliphatic rings. The summed E-state index contributed by atoms with van der Waals surface area (Å²) in [6, 6.07) is 19.1. The van der Waals surface area contributed by atoms with Crippen LogP contribution in [0, 0.1) is 0 Å². The summed E-state index contributed by atoms with van der Waals surface area (Å²) in [6.45, 7) is 10.5. The van der Waals surface area contributed by atoms with Gasteiger partial charge < -0.3 is 36.3 Å². The molecule has 1 saturated heterocycles. The van der Waals surface area contributed by atoms with Crippen molar-refractivity contribution in [1.29, 1.82) is 0 Å². The van der Waals surface area contributed by atoms with Gasteiger partial charge >= 0.3 is 0 Å². The Bertz CT molecular complexity index is 1630. The molecule has 12 nitrogen and oxygen atoms in total. The molecule has 4 rings (SSSR count). The smallest absolute Gasteiger partial charge is 0.257 e. The molecule has 5 N–H and O–H groups in total. The number of likely N-dealkylation sites (tertiary alicyclic amines) is 1. The van der Waals surface area contributed by atoms with Gasteiger partial charge in [0.1, 0.15) is 6.29 Å². The minimum Gasteiger partial charge on any atom is -0.385 e. The van der Waals surface area contributed by atoms with Crippen molar-refractivity contribution in [3.8, 4) is 0 Å². The minimum atomic E-state index is -0.798. The molecule has 1 aliphatic heterocycles. The molecule has 2 atom stereocenters. The molecule has 1 heterocycles. The Labute approximate surface area is 301 Å². The molecule has 0 aromatic heterocycles. The lowest BCUT2D eigenvalue weighted by Gasteiger charge is -2.25. The molecule has 51 heavy (non-hydrogen) atoms. The molecular weight excluding hydrogens is 644 g/mol. The number of likely N-dealkylation sites (N-methyl/N-ethyl adjacent to an activating group) is 1. The fourth-order valence-electron chi connectivity index (χ4n) is 6.23. The Morgan fingerprint density at radius 1 is 0.961 bits per heavy atom. The third-order valence-electron chi connectivity index (χ3n) is 9.35. The molecule has 3 aromatic carbocycles. The minimum absolute atomic E-state index is 0.104. The number of nitrogens with one attached hydrogen (secondary N) is 5. The maximum Gasteiger partial charge on any atom is 0.257 e. The number of anilines is 5. The van der Waals surface area contributed by atoms with E-state index >= 15 is 0 Å². The van der Waals surface area contributed by atoms with Gasteiger partial charge in [0.25, 0.3) is 5.91 Å². The monoisotopic (exact) mass is 696 g/mol. The highest BCUT2D eigenvalue weighted by Crippen LogP contribution is 2.30. The Kier molecular flexibility index (Phi) is 15.0. The Hall–Kier alpha value is -5.23. The summed E-state index contributed by atoms with van der Waals surface area (Å²) in [7, 11) is 3.03. The lowest BCUT2D eigenvalue weighted by atomic mass is 10.0. The molecule has 272 valence electrons. The van der Waals surface area contributed by atoms with Gasteiger partial charge in [-0.1, -0.05) is 12.1 Å². The van der Waals surface area contributed by atoms with E-state index in [1.165, 1.54) is 38.4 Å². The second-order valence-electron chi connectivity index (χ2n) is 12.8. The summed E-state index contributed by atoms with van der Waals surface area (Å²) in [5.74, 6) is -0.677. The fraction of sp³-hybridized carbons (Fsp3) is 0.410. The van der Waals surface area contributed by atoms with Crippen LogP contribution >= 0.6 is 0 Å². The normalized spacial score (nSPS) is 14.6. The van der Waals surface area contributed by atoms with E-state index in [2.05, 4.69) is 50.1 Å². The largest absolute Gasteiger partial charge is 0.385 e. The van der Waals surface area contributed by atoms with Crippen LogP contribution < -0.4 is 26.6 Å². The molecule has 3 aromatic rings. The highest BCUT2D eigenvalue weighted by molar-refractivity contribution is 6.06. The molecule has 0 aliphatic carbocycles. The zero-order valence-electron chi connectivity index (χ0n) is 30.0. The standard InChI is InChI=1S/C39H52N8O4/c1-28-9-8-23-47(28)24-22-44-34-18-16-32(25-36(34)40-2)45-31-14-12-30(13-15-31)42-20-5-6-21-43-35-11-7-10-29(26-48)38(35)39(51)46(4)33(27-49)17-19-37(50)41-3/h7,10-16,18,25-28,33,42-45H,2,5-6,8-9,17,19-24H2,1,3-4H3,(H,41,50). The van der Waals surface area contributed by atoms with Crippen molar-refractivity contribution >= 4 is 65.2 Å². The van der Waals surface area contributed by atoms with Crippen molar-refractivity contribution in [1.82, 2.24) is 15.1 Å². The summed E-state index contributed by atoms with van der Waals surface area (Å²) in [5, 5.41) is 16.2. The molecule has 0 spiro atoms. The van der Waals surface area contributed by atoms with Crippen LogP contribution in [0.5, 0.6) is 0 Å². The molecule has 2 unspecified atom stereocenters. The number of hydrogen-bond acceptors (Lipinski definition) is 10. The third-order valence-corrected chi connectivity index (χ3v) is 9.35. The SMILES string of the molecule is C=Nc1cc(Nc2ccc(NCCCCNc3cccc(C=O)c3C(=O)N(C)C(C=O)CCC(=O)NC)cc2)ccc1NCCN1CCCC1C. The van der Waals surface area contributed by atoms with Gasteiger partial charge in [-0.3, -0.25) is 24.3 Å². The maximum atomic E-state index is 13.4. The van der Waals surface area contributed by atoms with Gasteiger partial charge in [-0.25, -0.2) is 0 Å². The summed E-state index contributed by atoms with van der Waals surface area (Å²) in [4.78, 5) is 56.8. The Balaban J connectivity index is 1.22. The van der Waals surface area contributed by atoms with Crippen LogP contribution in [0.25, 0.3) is 0 Å². The van der Waals surface area contributed by atoms with Crippen LogP contribution in [0.3, 0.4) is 0 Å². The summed E-state index contributed by atoms with van der Waals surface area (Å²) in [5.41, 5.74) is 5.66. The number of benzene rings is 3. The van der Waals surface area contributed by atoms with Gasteiger partial charge in [0.15, 0.2) is 6.29 Å². The molecule has 1 fully saturated rings. The van der Waals surface area contributed by atoms with Gasteiger partial charge in [0.05, 0.1) is 23.0 Å².